The molecule has 1 saturated heterocycles. The second-order valence-corrected chi connectivity index (χ2v) is 5.50. The summed E-state index contributed by atoms with van der Waals surface area (Å²) in [5, 5.41) is 9.21. The van der Waals surface area contributed by atoms with Crippen LogP contribution in [0.4, 0.5) is 4.79 Å². The number of aliphatic hydroxyl groups excluding tert-OH is 1. The number of piperidine rings is 1. The Hall–Kier alpha value is -0.770. The zero-order valence-electron chi connectivity index (χ0n) is 10.7. The summed E-state index contributed by atoms with van der Waals surface area (Å²) in [6, 6.07) is 0.0635. The Morgan fingerprint density at radius 3 is 2.62 bits per heavy atom. The van der Waals surface area contributed by atoms with Gasteiger partial charge in [0.25, 0.3) is 0 Å². The molecule has 4 nitrogen and oxygen atoms in total. The smallest absolute Gasteiger partial charge is 0.410 e. The number of aliphatic hydroxyl groups is 1. The van der Waals surface area contributed by atoms with Crippen molar-refractivity contribution in [3.8, 4) is 0 Å². The molecule has 94 valence electrons. The maximum absolute atomic E-state index is 11.9. The number of rotatable bonds is 1. The molecule has 0 bridgehead atoms. The minimum atomic E-state index is -0.455. The fraction of sp³-hybridized carbons (Fsp3) is 0.917. The lowest BCUT2D eigenvalue weighted by Crippen LogP contribution is -2.49. The standard InChI is InChI=1S/C12H23NO3/c1-9-10(8-14)6-5-7-13(9)11(15)16-12(2,3)4/h9-10,14H,5-8H2,1-4H3/t9-,10-/m0/s1. The molecule has 1 heterocycles. The van der Waals surface area contributed by atoms with Gasteiger partial charge in [0.1, 0.15) is 5.60 Å². The summed E-state index contributed by atoms with van der Waals surface area (Å²) >= 11 is 0. The molecule has 0 spiro atoms. The summed E-state index contributed by atoms with van der Waals surface area (Å²) < 4.78 is 5.35. The van der Waals surface area contributed by atoms with Crippen LogP contribution in [0.15, 0.2) is 0 Å². The largest absolute Gasteiger partial charge is 0.444 e. The highest BCUT2D eigenvalue weighted by atomic mass is 16.6. The van der Waals surface area contributed by atoms with Crippen molar-refractivity contribution in [2.24, 2.45) is 5.92 Å². The molecule has 2 atom stereocenters. The Morgan fingerprint density at radius 1 is 1.50 bits per heavy atom. The monoisotopic (exact) mass is 229 g/mol. The van der Waals surface area contributed by atoms with E-state index in [1.165, 1.54) is 0 Å². The van der Waals surface area contributed by atoms with Crippen molar-refractivity contribution in [3.05, 3.63) is 0 Å². The molecule has 0 aromatic rings. The van der Waals surface area contributed by atoms with Gasteiger partial charge in [-0.3, -0.25) is 0 Å². The molecule has 0 aromatic heterocycles. The van der Waals surface area contributed by atoms with E-state index in [2.05, 4.69) is 0 Å². The SMILES string of the molecule is C[C@H]1[C@H](CO)CCCN1C(=O)OC(C)(C)C. The minimum absolute atomic E-state index is 0.0635. The van der Waals surface area contributed by atoms with E-state index in [-0.39, 0.29) is 24.7 Å². The molecule has 1 aliphatic rings. The van der Waals surface area contributed by atoms with Gasteiger partial charge in [-0.1, -0.05) is 0 Å². The van der Waals surface area contributed by atoms with Crippen LogP contribution in [0.25, 0.3) is 0 Å². The van der Waals surface area contributed by atoms with Gasteiger partial charge >= 0.3 is 6.09 Å². The summed E-state index contributed by atoms with van der Waals surface area (Å²) in [7, 11) is 0. The lowest BCUT2D eigenvalue weighted by molar-refractivity contribution is -0.00285. The van der Waals surface area contributed by atoms with Crippen LogP contribution in [0.5, 0.6) is 0 Å². The average Bonchev–Trinajstić information content (AvgIpc) is 2.15. The van der Waals surface area contributed by atoms with Crippen LogP contribution in [0.1, 0.15) is 40.5 Å². The average molecular weight is 229 g/mol. The van der Waals surface area contributed by atoms with Crippen LogP contribution >= 0.6 is 0 Å². The molecule has 1 amide bonds. The fourth-order valence-electron chi connectivity index (χ4n) is 2.05. The van der Waals surface area contributed by atoms with E-state index in [0.717, 1.165) is 19.4 Å². The van der Waals surface area contributed by atoms with Gasteiger partial charge in [0, 0.05) is 25.1 Å². The number of carbonyl (C=O) groups is 1. The van der Waals surface area contributed by atoms with E-state index in [0.29, 0.717) is 0 Å². The summed E-state index contributed by atoms with van der Waals surface area (Å²) in [6.45, 7) is 8.44. The van der Waals surface area contributed by atoms with Gasteiger partial charge in [0.15, 0.2) is 0 Å². The highest BCUT2D eigenvalue weighted by Crippen LogP contribution is 2.24. The highest BCUT2D eigenvalue weighted by molar-refractivity contribution is 5.68. The van der Waals surface area contributed by atoms with Crippen LogP contribution < -0.4 is 0 Å². The van der Waals surface area contributed by atoms with Crippen LogP contribution in [0.2, 0.25) is 0 Å². The molecule has 0 saturated carbocycles. The topological polar surface area (TPSA) is 49.8 Å². The van der Waals surface area contributed by atoms with E-state index in [1.807, 2.05) is 27.7 Å². The predicted octanol–water partition coefficient (Wildman–Crippen LogP) is 2.01. The normalized spacial score (nSPS) is 26.7. The maximum atomic E-state index is 11.9. The van der Waals surface area contributed by atoms with Gasteiger partial charge in [0.2, 0.25) is 0 Å². The fourth-order valence-corrected chi connectivity index (χ4v) is 2.05. The number of likely N-dealkylation sites (tertiary alicyclic amines) is 1. The lowest BCUT2D eigenvalue weighted by atomic mass is 9.91. The zero-order chi connectivity index (χ0) is 12.3. The summed E-state index contributed by atoms with van der Waals surface area (Å²) in [6.07, 6.45) is 1.66. The van der Waals surface area contributed by atoms with E-state index in [1.54, 1.807) is 4.90 Å². The van der Waals surface area contributed by atoms with Gasteiger partial charge in [-0.15, -0.1) is 0 Å². The van der Waals surface area contributed by atoms with E-state index in [4.69, 9.17) is 4.74 Å². The van der Waals surface area contributed by atoms with Crippen molar-refractivity contribution < 1.29 is 14.6 Å². The Bertz CT molecular complexity index is 247. The van der Waals surface area contributed by atoms with E-state index >= 15 is 0 Å². The molecule has 0 aliphatic carbocycles. The van der Waals surface area contributed by atoms with Gasteiger partial charge in [-0.05, 0) is 40.5 Å². The van der Waals surface area contributed by atoms with Crippen molar-refractivity contribution in [3.63, 3.8) is 0 Å². The Balaban J connectivity index is 2.61. The number of amides is 1. The molecular weight excluding hydrogens is 206 g/mol. The van der Waals surface area contributed by atoms with Crippen molar-refractivity contribution in [1.29, 1.82) is 0 Å². The second-order valence-electron chi connectivity index (χ2n) is 5.50. The van der Waals surface area contributed by atoms with Crippen molar-refractivity contribution >= 4 is 6.09 Å². The van der Waals surface area contributed by atoms with Crippen LogP contribution in [-0.2, 0) is 4.74 Å². The minimum Gasteiger partial charge on any atom is -0.444 e. The van der Waals surface area contributed by atoms with Crippen molar-refractivity contribution in [2.45, 2.75) is 52.2 Å². The van der Waals surface area contributed by atoms with Crippen molar-refractivity contribution in [1.82, 2.24) is 4.90 Å². The van der Waals surface area contributed by atoms with Gasteiger partial charge in [0.05, 0.1) is 0 Å². The summed E-state index contributed by atoms with van der Waals surface area (Å²) in [5.74, 6) is 0.182. The predicted molar refractivity (Wildman–Crippen MR) is 62.2 cm³/mol. The molecule has 0 aromatic carbocycles. The first-order valence-electron chi connectivity index (χ1n) is 5.95. The quantitative estimate of drug-likeness (QED) is 0.748. The van der Waals surface area contributed by atoms with E-state index in [9.17, 15) is 9.90 Å². The molecule has 16 heavy (non-hydrogen) atoms. The number of carbonyl (C=O) groups excluding carboxylic acids is 1. The van der Waals surface area contributed by atoms with Gasteiger partial charge < -0.3 is 14.7 Å². The number of ether oxygens (including phenoxy) is 1. The molecule has 1 N–H and O–H groups in total. The molecule has 0 radical (unpaired) electrons. The van der Waals surface area contributed by atoms with Gasteiger partial charge in [-0.25, -0.2) is 4.79 Å². The molecule has 1 fully saturated rings. The first-order chi connectivity index (χ1) is 7.35. The summed E-state index contributed by atoms with van der Waals surface area (Å²) in [5.41, 5.74) is -0.455. The molecule has 0 unspecified atom stereocenters. The molecule has 4 heteroatoms. The highest BCUT2D eigenvalue weighted by Gasteiger charge is 2.33. The first kappa shape index (κ1) is 13.3. The third-order valence-electron chi connectivity index (χ3n) is 3.01. The Morgan fingerprint density at radius 2 is 2.12 bits per heavy atom. The molecular formula is C12H23NO3. The number of hydrogen-bond donors (Lipinski definition) is 1. The number of hydrogen-bond acceptors (Lipinski definition) is 3. The number of nitrogens with zero attached hydrogens (tertiary/aromatic N) is 1. The van der Waals surface area contributed by atoms with Crippen LogP contribution in [0.3, 0.4) is 0 Å². The van der Waals surface area contributed by atoms with Crippen LogP contribution in [-0.4, -0.2) is 40.9 Å². The second kappa shape index (κ2) is 5.04. The first-order valence-corrected chi connectivity index (χ1v) is 5.95. The zero-order valence-corrected chi connectivity index (χ0v) is 10.7. The third kappa shape index (κ3) is 3.37. The molecule has 1 aliphatic heterocycles. The summed E-state index contributed by atoms with van der Waals surface area (Å²) in [4.78, 5) is 13.6. The van der Waals surface area contributed by atoms with Crippen LogP contribution in [0, 0.1) is 5.92 Å². The Kier molecular flexibility index (Phi) is 4.19. The van der Waals surface area contributed by atoms with E-state index < -0.39 is 5.60 Å². The Labute approximate surface area is 97.6 Å². The maximum Gasteiger partial charge on any atom is 0.410 e. The lowest BCUT2D eigenvalue weighted by Gasteiger charge is -2.39. The third-order valence-corrected chi connectivity index (χ3v) is 3.01. The van der Waals surface area contributed by atoms with Crippen molar-refractivity contribution in [2.75, 3.05) is 13.2 Å². The van der Waals surface area contributed by atoms with Gasteiger partial charge in [-0.2, -0.15) is 0 Å². The molecule has 1 rings (SSSR count).